The molecule has 2 bridgehead atoms. The van der Waals surface area contributed by atoms with Crippen molar-refractivity contribution in [3.05, 3.63) is 34.3 Å². The summed E-state index contributed by atoms with van der Waals surface area (Å²) in [6, 6.07) is 13.5. The van der Waals surface area contributed by atoms with Gasteiger partial charge in [0.2, 0.25) is 11.7 Å². The fraction of sp³-hybridized carbons (Fsp3) is 0.500. The lowest BCUT2D eigenvalue weighted by Gasteiger charge is -2.49. The predicted octanol–water partition coefficient (Wildman–Crippen LogP) is 4.23. The van der Waals surface area contributed by atoms with E-state index in [0.717, 1.165) is 4.47 Å². The van der Waals surface area contributed by atoms with Crippen molar-refractivity contribution >= 4 is 21.8 Å². The zero-order valence-electron chi connectivity index (χ0n) is 15.3. The summed E-state index contributed by atoms with van der Waals surface area (Å²) in [5, 5.41) is 38.6. The van der Waals surface area contributed by atoms with Gasteiger partial charge in [-0.3, -0.25) is 5.41 Å². The van der Waals surface area contributed by atoms with E-state index in [-0.39, 0.29) is 11.8 Å². The van der Waals surface area contributed by atoms with E-state index in [2.05, 4.69) is 22.0 Å². The number of ether oxygens (including phenoxy) is 2. The molecular weight excluding hydrogens is 408 g/mol. The Balaban J connectivity index is 2.29. The minimum Gasteiger partial charge on any atom is -0.443 e. The van der Waals surface area contributed by atoms with Gasteiger partial charge in [0.05, 0.1) is 30.2 Å². The molecule has 2 heterocycles. The van der Waals surface area contributed by atoms with Crippen LogP contribution in [0.3, 0.4) is 0 Å². The Bertz CT molecular complexity index is 894. The molecule has 2 fully saturated rings. The average Bonchev–Trinajstić information content (AvgIpc) is 2.79. The first-order chi connectivity index (χ1) is 12.7. The van der Waals surface area contributed by atoms with Crippen molar-refractivity contribution in [3.63, 3.8) is 0 Å². The lowest BCUT2D eigenvalue weighted by atomic mass is 9.53. The molecule has 1 N–H and O–H groups in total. The molecule has 27 heavy (non-hydrogen) atoms. The predicted molar refractivity (Wildman–Crippen MR) is 99.8 cm³/mol. The number of benzene rings is 1. The molecule has 7 heteroatoms. The summed E-state index contributed by atoms with van der Waals surface area (Å²) in [5.41, 5.74) is -2.88. The van der Waals surface area contributed by atoms with Crippen molar-refractivity contribution in [2.24, 2.45) is 22.7 Å². The van der Waals surface area contributed by atoms with Crippen molar-refractivity contribution in [2.75, 3.05) is 0 Å². The van der Waals surface area contributed by atoms with Crippen LogP contribution in [-0.2, 0) is 15.3 Å². The number of halogens is 1. The first-order valence-electron chi connectivity index (χ1n) is 8.69. The number of hydrogen-bond acceptors (Lipinski definition) is 6. The second-order valence-corrected chi connectivity index (χ2v) is 8.43. The topological polar surface area (TPSA) is 114 Å². The van der Waals surface area contributed by atoms with Gasteiger partial charge in [-0.15, -0.1) is 0 Å². The molecule has 2 aliphatic rings. The number of fused-ring (bicyclic) bond motifs is 2. The molecule has 0 radical (unpaired) electrons. The third-order valence-corrected chi connectivity index (χ3v) is 6.24. The van der Waals surface area contributed by atoms with E-state index in [0.29, 0.717) is 12.0 Å². The highest BCUT2D eigenvalue weighted by Gasteiger charge is 2.79. The summed E-state index contributed by atoms with van der Waals surface area (Å²) in [6.45, 7) is 5.63. The number of nitrogens with zero attached hydrogens (tertiary/aromatic N) is 3. The monoisotopic (exact) mass is 426 g/mol. The summed E-state index contributed by atoms with van der Waals surface area (Å²) < 4.78 is 13.1. The van der Waals surface area contributed by atoms with Crippen LogP contribution in [0.5, 0.6) is 0 Å². The third kappa shape index (κ3) is 2.27. The molecule has 3 rings (SSSR count). The maximum atomic E-state index is 10.1. The number of nitriles is 3. The summed E-state index contributed by atoms with van der Waals surface area (Å²) in [4.78, 5) is 0. The minimum absolute atomic E-state index is 0.121. The highest BCUT2D eigenvalue weighted by Crippen LogP contribution is 2.66. The Kier molecular flexibility index (Phi) is 4.55. The zero-order chi connectivity index (χ0) is 20.0. The van der Waals surface area contributed by atoms with Crippen molar-refractivity contribution in [1.82, 2.24) is 0 Å². The van der Waals surface area contributed by atoms with E-state index in [1.54, 1.807) is 19.1 Å². The quantitative estimate of drug-likeness (QED) is 0.775. The normalized spacial score (nSPS) is 33.6. The van der Waals surface area contributed by atoms with E-state index in [4.69, 9.17) is 14.9 Å². The van der Waals surface area contributed by atoms with Crippen LogP contribution in [0.15, 0.2) is 28.7 Å². The Morgan fingerprint density at radius 2 is 1.74 bits per heavy atom. The fourth-order valence-electron chi connectivity index (χ4n) is 4.30. The van der Waals surface area contributed by atoms with Gasteiger partial charge in [0, 0.05) is 10.0 Å². The highest BCUT2D eigenvalue weighted by atomic mass is 79.9. The second kappa shape index (κ2) is 6.34. The molecular formula is C20H19BrN4O2. The van der Waals surface area contributed by atoms with Gasteiger partial charge in [-0.05, 0) is 24.5 Å². The summed E-state index contributed by atoms with van der Waals surface area (Å²) >= 11 is 3.39. The van der Waals surface area contributed by atoms with Crippen LogP contribution in [0, 0.1) is 62.1 Å². The van der Waals surface area contributed by atoms with E-state index in [1.807, 2.05) is 38.1 Å². The zero-order valence-corrected chi connectivity index (χ0v) is 16.9. The van der Waals surface area contributed by atoms with Crippen molar-refractivity contribution in [3.8, 4) is 18.2 Å². The van der Waals surface area contributed by atoms with Crippen LogP contribution in [0.2, 0.25) is 0 Å². The summed E-state index contributed by atoms with van der Waals surface area (Å²) in [5.74, 6) is -2.36. The molecule has 2 saturated heterocycles. The van der Waals surface area contributed by atoms with E-state index >= 15 is 0 Å². The molecule has 2 aliphatic heterocycles. The lowest BCUT2D eigenvalue weighted by molar-refractivity contribution is -0.288. The minimum atomic E-state index is -1.82. The SMILES string of the molecule is CC(C)CC1OC2(c3ccc(Br)cc3)OC(=N)C(C#N)(C2C)C1(C#N)C#N. The maximum Gasteiger partial charge on any atom is 0.243 e. The van der Waals surface area contributed by atoms with Crippen molar-refractivity contribution < 1.29 is 9.47 Å². The smallest absolute Gasteiger partial charge is 0.243 e. The molecule has 0 spiro atoms. The molecule has 0 aliphatic carbocycles. The first kappa shape index (κ1) is 19.4. The Morgan fingerprint density at radius 1 is 1.15 bits per heavy atom. The second-order valence-electron chi connectivity index (χ2n) is 7.51. The molecule has 1 aromatic carbocycles. The number of rotatable bonds is 3. The third-order valence-electron chi connectivity index (χ3n) is 5.71. The van der Waals surface area contributed by atoms with Gasteiger partial charge in [-0.1, -0.05) is 48.8 Å². The van der Waals surface area contributed by atoms with Crippen molar-refractivity contribution in [1.29, 1.82) is 21.2 Å². The van der Waals surface area contributed by atoms with Gasteiger partial charge < -0.3 is 9.47 Å². The highest BCUT2D eigenvalue weighted by molar-refractivity contribution is 9.10. The Hall–Kier alpha value is -2.40. The molecule has 1 aromatic rings. The van der Waals surface area contributed by atoms with Crippen molar-refractivity contribution in [2.45, 2.75) is 39.1 Å². The van der Waals surface area contributed by atoms with E-state index < -0.39 is 28.6 Å². The molecule has 4 unspecified atom stereocenters. The van der Waals surface area contributed by atoms with Crippen LogP contribution in [0.1, 0.15) is 32.8 Å². The van der Waals surface area contributed by atoms with Gasteiger partial charge in [0.1, 0.15) is 0 Å². The molecule has 0 saturated carbocycles. The standard InChI is InChI=1S/C20H19BrN4O2/c1-12(2)8-16-18(9-22,10-23)19(11-24)13(3)20(26-16,27-17(19)25)14-4-6-15(21)7-5-14/h4-7,12-13,16,25H,8H2,1-3H3. The van der Waals surface area contributed by atoms with Crippen LogP contribution < -0.4 is 0 Å². The lowest BCUT2D eigenvalue weighted by Crippen LogP contribution is -2.61. The van der Waals surface area contributed by atoms with Gasteiger partial charge >= 0.3 is 0 Å². The van der Waals surface area contributed by atoms with E-state index in [9.17, 15) is 15.8 Å². The van der Waals surface area contributed by atoms with Crippen LogP contribution in [0.25, 0.3) is 0 Å². The number of hydrogen-bond donors (Lipinski definition) is 1. The first-order valence-corrected chi connectivity index (χ1v) is 9.49. The van der Waals surface area contributed by atoms with E-state index in [1.165, 1.54) is 0 Å². The van der Waals surface area contributed by atoms with Crippen LogP contribution in [-0.4, -0.2) is 12.0 Å². The Labute approximate surface area is 166 Å². The van der Waals surface area contributed by atoms with Gasteiger partial charge in [0.15, 0.2) is 10.8 Å². The molecule has 6 nitrogen and oxygen atoms in total. The molecule has 0 aromatic heterocycles. The fourth-order valence-corrected chi connectivity index (χ4v) is 4.56. The maximum absolute atomic E-state index is 10.1. The van der Waals surface area contributed by atoms with Crippen LogP contribution >= 0.6 is 15.9 Å². The summed E-state index contributed by atoms with van der Waals surface area (Å²) in [7, 11) is 0. The average molecular weight is 427 g/mol. The number of nitrogens with one attached hydrogen (secondary N) is 1. The van der Waals surface area contributed by atoms with Gasteiger partial charge in [-0.25, -0.2) is 0 Å². The molecule has 0 amide bonds. The largest absolute Gasteiger partial charge is 0.443 e. The summed E-state index contributed by atoms with van der Waals surface area (Å²) in [6.07, 6.45) is -0.471. The van der Waals surface area contributed by atoms with Gasteiger partial charge in [-0.2, -0.15) is 15.8 Å². The molecule has 138 valence electrons. The van der Waals surface area contributed by atoms with Crippen LogP contribution in [0.4, 0.5) is 0 Å². The Morgan fingerprint density at radius 3 is 2.22 bits per heavy atom. The molecule has 4 atom stereocenters. The van der Waals surface area contributed by atoms with Gasteiger partial charge in [0.25, 0.3) is 0 Å².